The molecule has 6 nitrogen and oxygen atoms in total. The first-order chi connectivity index (χ1) is 15.7. The summed E-state index contributed by atoms with van der Waals surface area (Å²) in [5.74, 6) is 0.338. The lowest BCUT2D eigenvalue weighted by Crippen LogP contribution is -2.24. The average Bonchev–Trinajstić information content (AvgIpc) is 3.44. The Morgan fingerprint density at radius 2 is 1.84 bits per heavy atom. The van der Waals surface area contributed by atoms with E-state index in [0.717, 1.165) is 42.5 Å². The first-order valence-electron chi connectivity index (χ1n) is 11.3. The van der Waals surface area contributed by atoms with Crippen molar-refractivity contribution in [2.45, 2.75) is 57.9 Å². The molecule has 1 atom stereocenters. The Balaban J connectivity index is 0.00000119. The molecule has 0 amide bonds. The van der Waals surface area contributed by atoms with E-state index in [0.29, 0.717) is 23.9 Å². The van der Waals surface area contributed by atoms with Gasteiger partial charge in [0.05, 0.1) is 31.4 Å². The molecule has 2 aliphatic rings. The third kappa shape index (κ3) is 4.04. The summed E-state index contributed by atoms with van der Waals surface area (Å²) < 4.78 is 21.6. The number of fused-ring (bicyclic) bond motifs is 3. The fourth-order valence-corrected chi connectivity index (χ4v) is 4.95. The lowest BCUT2D eigenvalue weighted by Gasteiger charge is -2.28. The molecule has 1 aliphatic carbocycles. The molecule has 1 aromatic carbocycles. The van der Waals surface area contributed by atoms with Gasteiger partial charge in [-0.3, -0.25) is 4.79 Å². The summed E-state index contributed by atoms with van der Waals surface area (Å²) in [6.45, 7) is 4.00. The minimum absolute atomic E-state index is 0.0169. The number of benzene rings is 1. The van der Waals surface area contributed by atoms with Crippen LogP contribution in [0.1, 0.15) is 69.0 Å². The molecule has 1 unspecified atom stereocenters. The normalized spacial score (nSPS) is 21.2. The number of ether oxygens (including phenoxy) is 1. The molecule has 3 heterocycles. The van der Waals surface area contributed by atoms with Crippen molar-refractivity contribution in [3.63, 3.8) is 0 Å². The number of hydrogen-bond acceptors (Lipinski definition) is 5. The molecule has 2 aromatic heterocycles. The maximum Gasteiger partial charge on any atom is 0.316 e. The molecular weight excluding hydrogens is 407 g/mol. The van der Waals surface area contributed by atoms with E-state index in [1.807, 2.05) is 36.9 Å². The van der Waals surface area contributed by atoms with Crippen LogP contribution in [0.15, 0.2) is 43.1 Å². The number of carbonyl (C=O) groups is 1. The second kappa shape index (κ2) is 9.59. The van der Waals surface area contributed by atoms with E-state index < -0.39 is 0 Å². The number of methoxy groups -OCH3 is 1. The molecule has 0 radical (unpaired) electrons. The molecule has 0 bridgehead atoms. The van der Waals surface area contributed by atoms with Crippen LogP contribution in [0.4, 0.5) is 4.39 Å². The molecule has 0 saturated heterocycles. The van der Waals surface area contributed by atoms with Crippen molar-refractivity contribution in [3.8, 4) is 17.3 Å². The SMILES string of the molecule is CC.COc1ncc(C2CCC(C(=O)CC3c4c(F)cccc4-c4cncn43)CC2)cn1. The summed E-state index contributed by atoms with van der Waals surface area (Å²) >= 11 is 0. The van der Waals surface area contributed by atoms with Crippen LogP contribution in [-0.2, 0) is 4.79 Å². The predicted molar refractivity (Wildman–Crippen MR) is 120 cm³/mol. The molecule has 0 N–H and O–H groups in total. The van der Waals surface area contributed by atoms with E-state index in [-0.39, 0.29) is 23.6 Å². The van der Waals surface area contributed by atoms with Crippen molar-refractivity contribution in [2.24, 2.45) is 5.92 Å². The van der Waals surface area contributed by atoms with Crippen LogP contribution in [0.2, 0.25) is 0 Å². The summed E-state index contributed by atoms with van der Waals surface area (Å²) in [6.07, 6.45) is 10.9. The van der Waals surface area contributed by atoms with Gasteiger partial charge >= 0.3 is 6.01 Å². The van der Waals surface area contributed by atoms with Gasteiger partial charge in [0.25, 0.3) is 0 Å². The number of carbonyl (C=O) groups excluding carboxylic acids is 1. The monoisotopic (exact) mass is 436 g/mol. The first-order valence-corrected chi connectivity index (χ1v) is 11.3. The highest BCUT2D eigenvalue weighted by molar-refractivity contribution is 5.83. The Morgan fingerprint density at radius 1 is 1.12 bits per heavy atom. The zero-order valence-corrected chi connectivity index (χ0v) is 18.8. The maximum absolute atomic E-state index is 14.6. The zero-order chi connectivity index (χ0) is 22.7. The van der Waals surface area contributed by atoms with Gasteiger partial charge in [0.1, 0.15) is 11.6 Å². The summed E-state index contributed by atoms with van der Waals surface area (Å²) in [4.78, 5) is 25.7. The first kappa shape index (κ1) is 22.1. The maximum atomic E-state index is 14.6. The molecule has 168 valence electrons. The number of halogens is 1. The molecule has 7 heteroatoms. The second-order valence-corrected chi connectivity index (χ2v) is 8.13. The third-order valence-corrected chi connectivity index (χ3v) is 6.54. The average molecular weight is 437 g/mol. The van der Waals surface area contributed by atoms with Crippen molar-refractivity contribution in [3.05, 3.63) is 60.1 Å². The highest BCUT2D eigenvalue weighted by atomic mass is 19.1. The van der Waals surface area contributed by atoms with E-state index in [1.165, 1.54) is 6.07 Å². The van der Waals surface area contributed by atoms with Crippen molar-refractivity contribution >= 4 is 5.78 Å². The van der Waals surface area contributed by atoms with E-state index >= 15 is 0 Å². The van der Waals surface area contributed by atoms with Gasteiger partial charge in [-0.1, -0.05) is 26.0 Å². The minimum Gasteiger partial charge on any atom is -0.467 e. The van der Waals surface area contributed by atoms with Gasteiger partial charge < -0.3 is 9.30 Å². The van der Waals surface area contributed by atoms with E-state index in [4.69, 9.17) is 4.74 Å². The van der Waals surface area contributed by atoms with Gasteiger partial charge in [0, 0.05) is 35.9 Å². The number of aromatic nitrogens is 4. The van der Waals surface area contributed by atoms with Crippen LogP contribution < -0.4 is 4.74 Å². The van der Waals surface area contributed by atoms with Crippen LogP contribution in [0.3, 0.4) is 0 Å². The van der Waals surface area contributed by atoms with Crippen molar-refractivity contribution < 1.29 is 13.9 Å². The molecule has 5 rings (SSSR count). The number of ketones is 1. The van der Waals surface area contributed by atoms with Gasteiger partial charge in [-0.25, -0.2) is 19.3 Å². The highest BCUT2D eigenvalue weighted by Crippen LogP contribution is 2.44. The Labute approximate surface area is 187 Å². The van der Waals surface area contributed by atoms with Gasteiger partial charge in [0.15, 0.2) is 0 Å². The number of Topliss-reactive ketones (excluding diaryl/α,β-unsaturated/α-hetero) is 1. The third-order valence-electron chi connectivity index (χ3n) is 6.54. The molecule has 1 aliphatic heterocycles. The fraction of sp³-hybridized carbons (Fsp3) is 0.440. The quantitative estimate of drug-likeness (QED) is 0.539. The van der Waals surface area contributed by atoms with E-state index in [9.17, 15) is 9.18 Å². The summed E-state index contributed by atoms with van der Waals surface area (Å²) in [7, 11) is 1.55. The lowest BCUT2D eigenvalue weighted by molar-refractivity contribution is -0.124. The van der Waals surface area contributed by atoms with Crippen molar-refractivity contribution in [2.75, 3.05) is 7.11 Å². The molecular formula is C25H29FN4O2. The minimum atomic E-state index is -0.307. The van der Waals surface area contributed by atoms with E-state index in [1.54, 1.807) is 25.7 Å². The Morgan fingerprint density at radius 3 is 2.53 bits per heavy atom. The summed E-state index contributed by atoms with van der Waals surface area (Å²) in [5.41, 5.74) is 3.43. The number of imidazole rings is 1. The van der Waals surface area contributed by atoms with Gasteiger partial charge in [-0.15, -0.1) is 0 Å². The topological polar surface area (TPSA) is 69.9 Å². The van der Waals surface area contributed by atoms with Gasteiger partial charge in [0.2, 0.25) is 0 Å². The molecule has 3 aromatic rings. The zero-order valence-electron chi connectivity index (χ0n) is 18.8. The smallest absolute Gasteiger partial charge is 0.316 e. The highest BCUT2D eigenvalue weighted by Gasteiger charge is 2.35. The Bertz CT molecular complexity index is 1070. The van der Waals surface area contributed by atoms with E-state index in [2.05, 4.69) is 15.0 Å². The Kier molecular flexibility index (Phi) is 6.63. The van der Waals surface area contributed by atoms with Gasteiger partial charge in [-0.2, -0.15) is 0 Å². The number of hydrogen-bond donors (Lipinski definition) is 0. The number of nitrogens with zero attached hydrogens (tertiary/aromatic N) is 4. The fourth-order valence-electron chi connectivity index (χ4n) is 4.95. The van der Waals surface area contributed by atoms with Crippen LogP contribution in [0.25, 0.3) is 11.3 Å². The molecule has 1 saturated carbocycles. The molecule has 1 fully saturated rings. The van der Waals surface area contributed by atoms with Crippen LogP contribution in [0, 0.1) is 11.7 Å². The van der Waals surface area contributed by atoms with Crippen molar-refractivity contribution in [1.82, 2.24) is 19.5 Å². The summed E-state index contributed by atoms with van der Waals surface area (Å²) in [5, 5.41) is 0. The Hall–Kier alpha value is -3.09. The van der Waals surface area contributed by atoms with Crippen molar-refractivity contribution in [1.29, 1.82) is 0 Å². The second-order valence-electron chi connectivity index (χ2n) is 8.13. The lowest BCUT2D eigenvalue weighted by atomic mass is 9.76. The summed E-state index contributed by atoms with van der Waals surface area (Å²) in [6, 6.07) is 5.14. The van der Waals surface area contributed by atoms with Crippen LogP contribution in [0.5, 0.6) is 6.01 Å². The van der Waals surface area contributed by atoms with Gasteiger partial charge in [-0.05, 0) is 43.2 Å². The predicted octanol–water partition coefficient (Wildman–Crippen LogP) is 5.35. The largest absolute Gasteiger partial charge is 0.467 e. The number of rotatable bonds is 5. The standard InChI is InChI=1S/C23H23FN4O2.C2H6/c1-30-23-26-10-16(11-27-23)14-5-7-15(8-6-14)21(29)9-19-22-17(3-2-4-18(22)24)20-12-25-13-28(19)20;1-2/h2-4,10-15,19H,5-9H2,1H3;1-2H3. The van der Waals surface area contributed by atoms with Crippen LogP contribution in [-0.4, -0.2) is 32.4 Å². The van der Waals surface area contributed by atoms with Crippen LogP contribution >= 0.6 is 0 Å². The molecule has 0 spiro atoms. The molecule has 32 heavy (non-hydrogen) atoms.